The van der Waals surface area contributed by atoms with Crippen molar-refractivity contribution in [1.82, 2.24) is 14.9 Å². The molecule has 4 rings (SSSR count). The summed E-state index contributed by atoms with van der Waals surface area (Å²) in [6.45, 7) is 2.64. The molecule has 0 radical (unpaired) electrons. The summed E-state index contributed by atoms with van der Waals surface area (Å²) < 4.78 is 12.4. The smallest absolute Gasteiger partial charge is 0.262 e. The van der Waals surface area contributed by atoms with Crippen LogP contribution in [0.4, 0.5) is 0 Å². The Balaban J connectivity index is 1.53. The van der Waals surface area contributed by atoms with Crippen LogP contribution in [0, 0.1) is 5.92 Å². The molecular weight excluding hydrogens is 462 g/mol. The highest BCUT2D eigenvalue weighted by Crippen LogP contribution is 2.28. The van der Waals surface area contributed by atoms with Crippen LogP contribution < -0.4 is 20.3 Å². The van der Waals surface area contributed by atoms with Crippen molar-refractivity contribution in [1.29, 1.82) is 0 Å². The van der Waals surface area contributed by atoms with Crippen LogP contribution in [0.2, 0.25) is 0 Å². The maximum absolute atomic E-state index is 13.4. The van der Waals surface area contributed by atoms with E-state index in [9.17, 15) is 9.59 Å². The normalized spacial score (nSPS) is 17.8. The first kappa shape index (κ1) is 25.1. The van der Waals surface area contributed by atoms with Gasteiger partial charge in [0.05, 0.1) is 30.9 Å². The summed E-state index contributed by atoms with van der Waals surface area (Å²) in [6, 6.07) is 13.3. The second-order valence-corrected chi connectivity index (χ2v) is 9.97. The second kappa shape index (κ2) is 11.6. The van der Waals surface area contributed by atoms with Crippen LogP contribution in [0.3, 0.4) is 0 Å². The molecule has 8 heteroatoms. The van der Waals surface area contributed by atoms with Gasteiger partial charge in [-0.1, -0.05) is 49.7 Å². The number of nitrogens with one attached hydrogen (secondary N) is 1. The van der Waals surface area contributed by atoms with Gasteiger partial charge in [0.2, 0.25) is 5.91 Å². The largest absolute Gasteiger partial charge is 0.493 e. The summed E-state index contributed by atoms with van der Waals surface area (Å²) in [4.78, 5) is 30.8. The molecule has 1 N–H and O–H groups in total. The third-order valence-electron chi connectivity index (χ3n) is 6.69. The monoisotopic (exact) mass is 495 g/mol. The van der Waals surface area contributed by atoms with Crippen molar-refractivity contribution in [3.63, 3.8) is 0 Å². The summed E-state index contributed by atoms with van der Waals surface area (Å²) in [5, 5.41) is 4.32. The Morgan fingerprint density at radius 2 is 1.89 bits per heavy atom. The molecule has 7 nitrogen and oxygen atoms in total. The number of aryl methyl sites for hydroxylation is 1. The van der Waals surface area contributed by atoms with E-state index in [0.717, 1.165) is 24.8 Å². The van der Waals surface area contributed by atoms with Gasteiger partial charge < -0.3 is 14.8 Å². The van der Waals surface area contributed by atoms with Crippen molar-refractivity contribution in [2.45, 2.75) is 56.8 Å². The van der Waals surface area contributed by atoms with Crippen LogP contribution in [0.15, 0.2) is 52.4 Å². The van der Waals surface area contributed by atoms with E-state index in [-0.39, 0.29) is 23.3 Å². The summed E-state index contributed by atoms with van der Waals surface area (Å²) in [5.74, 6) is 2.02. The molecule has 0 spiro atoms. The van der Waals surface area contributed by atoms with Gasteiger partial charge in [0, 0.05) is 12.6 Å². The van der Waals surface area contributed by atoms with Gasteiger partial charge in [-0.3, -0.25) is 14.2 Å². The Morgan fingerprint density at radius 3 is 2.66 bits per heavy atom. The quantitative estimate of drug-likeness (QED) is 0.349. The van der Waals surface area contributed by atoms with Gasteiger partial charge in [0.1, 0.15) is 0 Å². The lowest BCUT2D eigenvalue weighted by Gasteiger charge is -2.29. The standard InChI is InChI=1S/C27H33N3O4S/c1-18-8-4-6-10-21(18)28-25(31)17-35-27-29-22-11-7-5-9-20(22)26(32)30(27)15-14-19-12-13-23(33-2)24(16-19)34-3/h5,7,9,11-13,16,18,21H,4,6,8,10,14-15,17H2,1-3H3,(H,28,31). The molecule has 0 aliphatic heterocycles. The number of nitrogens with zero attached hydrogens (tertiary/aromatic N) is 2. The average Bonchev–Trinajstić information content (AvgIpc) is 2.88. The van der Waals surface area contributed by atoms with E-state index in [1.807, 2.05) is 36.4 Å². The van der Waals surface area contributed by atoms with Crippen molar-refractivity contribution in [3.8, 4) is 11.5 Å². The Bertz CT molecular complexity index is 1240. The zero-order valence-electron chi connectivity index (χ0n) is 20.6. The number of fused-ring (bicyclic) bond motifs is 1. The predicted octanol–water partition coefficient (Wildman–Crippen LogP) is 4.44. The molecule has 1 fully saturated rings. The molecule has 1 amide bonds. The molecule has 186 valence electrons. The van der Waals surface area contributed by atoms with Gasteiger partial charge >= 0.3 is 0 Å². The van der Waals surface area contributed by atoms with Crippen LogP contribution in [-0.4, -0.2) is 41.5 Å². The van der Waals surface area contributed by atoms with Crippen molar-refractivity contribution in [2.75, 3.05) is 20.0 Å². The fraction of sp³-hybridized carbons (Fsp3) is 0.444. The van der Waals surface area contributed by atoms with Gasteiger partial charge in [-0.05, 0) is 55.0 Å². The molecule has 3 aromatic rings. The third kappa shape index (κ3) is 5.99. The molecular formula is C27H33N3O4S. The van der Waals surface area contributed by atoms with Crippen LogP contribution >= 0.6 is 11.8 Å². The van der Waals surface area contributed by atoms with E-state index in [2.05, 4.69) is 12.2 Å². The van der Waals surface area contributed by atoms with Gasteiger partial charge in [-0.15, -0.1) is 0 Å². The number of carbonyl (C=O) groups is 1. The highest BCUT2D eigenvalue weighted by molar-refractivity contribution is 7.99. The number of carbonyl (C=O) groups excluding carboxylic acids is 1. The molecule has 0 bridgehead atoms. The van der Waals surface area contributed by atoms with Crippen molar-refractivity contribution in [2.24, 2.45) is 5.92 Å². The number of hydrogen-bond acceptors (Lipinski definition) is 6. The summed E-state index contributed by atoms with van der Waals surface area (Å²) in [7, 11) is 3.21. The summed E-state index contributed by atoms with van der Waals surface area (Å²) in [5.41, 5.74) is 1.56. The number of thioether (sulfide) groups is 1. The fourth-order valence-corrected chi connectivity index (χ4v) is 5.48. The van der Waals surface area contributed by atoms with E-state index in [0.29, 0.717) is 46.4 Å². The molecule has 0 saturated heterocycles. The molecule has 1 aliphatic carbocycles. The van der Waals surface area contributed by atoms with Crippen LogP contribution in [0.5, 0.6) is 11.5 Å². The number of amides is 1. The van der Waals surface area contributed by atoms with E-state index < -0.39 is 0 Å². The third-order valence-corrected chi connectivity index (χ3v) is 7.67. The Hall–Kier alpha value is -3.00. The Kier molecular flexibility index (Phi) is 8.33. The topological polar surface area (TPSA) is 82.5 Å². The van der Waals surface area contributed by atoms with Gasteiger partial charge in [-0.25, -0.2) is 4.98 Å². The van der Waals surface area contributed by atoms with Gasteiger partial charge in [0.15, 0.2) is 16.7 Å². The maximum Gasteiger partial charge on any atom is 0.262 e. The second-order valence-electron chi connectivity index (χ2n) is 9.03. The SMILES string of the molecule is COc1ccc(CCn2c(SCC(=O)NC3CCCCC3C)nc3ccccc3c2=O)cc1OC. The fourth-order valence-electron chi connectivity index (χ4n) is 4.64. The van der Waals surface area contributed by atoms with Gasteiger partial charge in [0.25, 0.3) is 5.56 Å². The molecule has 1 aromatic heterocycles. The lowest BCUT2D eigenvalue weighted by Crippen LogP contribution is -2.42. The zero-order valence-corrected chi connectivity index (χ0v) is 21.4. The molecule has 2 atom stereocenters. The number of para-hydroxylation sites is 1. The average molecular weight is 496 g/mol. The van der Waals surface area contributed by atoms with Crippen LogP contribution in [0.25, 0.3) is 10.9 Å². The number of ether oxygens (including phenoxy) is 2. The molecule has 1 aliphatic rings. The van der Waals surface area contributed by atoms with Crippen LogP contribution in [-0.2, 0) is 17.8 Å². The van der Waals surface area contributed by atoms with E-state index in [4.69, 9.17) is 14.5 Å². The van der Waals surface area contributed by atoms with E-state index in [1.54, 1.807) is 24.9 Å². The van der Waals surface area contributed by atoms with Crippen molar-refractivity contribution >= 4 is 28.6 Å². The zero-order chi connectivity index (χ0) is 24.8. The lowest BCUT2D eigenvalue weighted by atomic mass is 9.86. The van der Waals surface area contributed by atoms with Crippen LogP contribution in [0.1, 0.15) is 38.2 Å². The number of aromatic nitrogens is 2. The molecule has 1 heterocycles. The molecule has 35 heavy (non-hydrogen) atoms. The summed E-state index contributed by atoms with van der Waals surface area (Å²) in [6.07, 6.45) is 5.18. The minimum atomic E-state index is -0.0973. The Morgan fingerprint density at radius 1 is 1.11 bits per heavy atom. The highest BCUT2D eigenvalue weighted by Gasteiger charge is 2.23. The highest BCUT2D eigenvalue weighted by atomic mass is 32.2. The van der Waals surface area contributed by atoms with E-state index in [1.165, 1.54) is 18.2 Å². The Labute approximate surface area is 210 Å². The molecule has 1 saturated carbocycles. The molecule has 2 unspecified atom stereocenters. The predicted molar refractivity (Wildman–Crippen MR) is 140 cm³/mol. The minimum absolute atomic E-state index is 0.0115. The first-order valence-corrected chi connectivity index (χ1v) is 13.1. The van der Waals surface area contributed by atoms with E-state index >= 15 is 0 Å². The summed E-state index contributed by atoms with van der Waals surface area (Å²) >= 11 is 1.32. The number of benzene rings is 2. The first-order chi connectivity index (χ1) is 17.0. The minimum Gasteiger partial charge on any atom is -0.493 e. The van der Waals surface area contributed by atoms with Gasteiger partial charge in [-0.2, -0.15) is 0 Å². The van der Waals surface area contributed by atoms with Crippen molar-refractivity contribution < 1.29 is 14.3 Å². The van der Waals surface area contributed by atoms with Crippen molar-refractivity contribution in [3.05, 3.63) is 58.4 Å². The number of hydrogen-bond donors (Lipinski definition) is 1. The number of methoxy groups -OCH3 is 2. The number of rotatable bonds is 9. The molecule has 2 aromatic carbocycles. The first-order valence-electron chi connectivity index (χ1n) is 12.1. The maximum atomic E-state index is 13.4. The lowest BCUT2D eigenvalue weighted by molar-refractivity contribution is -0.119.